The molecule has 0 radical (unpaired) electrons. The summed E-state index contributed by atoms with van der Waals surface area (Å²) in [5.41, 5.74) is -0.0111. The van der Waals surface area contributed by atoms with Crippen molar-refractivity contribution in [2.24, 2.45) is 23.7 Å². The van der Waals surface area contributed by atoms with Crippen LogP contribution in [0.3, 0.4) is 0 Å². The van der Waals surface area contributed by atoms with Crippen LogP contribution in [0.4, 0.5) is 0 Å². The number of ether oxygens (including phenoxy) is 3. The van der Waals surface area contributed by atoms with E-state index in [0.29, 0.717) is 35.1 Å². The number of methoxy groups -OCH3 is 2. The fraction of sp³-hybridized carbons (Fsp3) is 0.933. The first-order valence-corrected chi connectivity index (χ1v) is 16.9. The van der Waals surface area contributed by atoms with Crippen molar-refractivity contribution in [2.45, 2.75) is 130 Å². The highest BCUT2D eigenvalue weighted by molar-refractivity contribution is 8.00. The minimum atomic E-state index is -0.478. The molecule has 7 fully saturated rings. The second-order valence-electron chi connectivity index (χ2n) is 13.5. The van der Waals surface area contributed by atoms with Crippen molar-refractivity contribution in [3.05, 3.63) is 0 Å². The lowest BCUT2D eigenvalue weighted by Gasteiger charge is -2.55. The first-order valence-electron chi connectivity index (χ1n) is 16.0. The number of carbonyl (C=O) groups is 2. The molecule has 0 aromatic carbocycles. The SMILES string of the molecule is COC1CCC2C3NCCC4C5CC(OC(C)C(=O)NC6NC7CCCCC7S6)CCC5N(C(=O)C2C1OC)C43. The lowest BCUT2D eigenvalue weighted by atomic mass is 9.64. The van der Waals surface area contributed by atoms with E-state index in [1.54, 1.807) is 14.2 Å². The van der Waals surface area contributed by atoms with E-state index in [-0.39, 0.29) is 53.6 Å². The molecule has 0 spiro atoms. The Morgan fingerprint density at radius 2 is 1.88 bits per heavy atom. The van der Waals surface area contributed by atoms with Gasteiger partial charge in [-0.2, -0.15) is 0 Å². The van der Waals surface area contributed by atoms with Gasteiger partial charge in [0.1, 0.15) is 11.6 Å². The smallest absolute Gasteiger partial charge is 0.250 e. The van der Waals surface area contributed by atoms with Gasteiger partial charge in [0.15, 0.2) is 0 Å². The molecule has 9 nitrogen and oxygen atoms in total. The summed E-state index contributed by atoms with van der Waals surface area (Å²) >= 11 is 1.87. The third kappa shape index (κ3) is 4.64. The number of amides is 2. The molecular weight excluding hydrogens is 528 g/mol. The number of thioether (sulfide) groups is 1. The fourth-order valence-electron chi connectivity index (χ4n) is 9.99. The van der Waals surface area contributed by atoms with E-state index in [4.69, 9.17) is 14.2 Å². The lowest BCUT2D eigenvalue weighted by Crippen LogP contribution is -2.70. The molecule has 7 rings (SSSR count). The highest BCUT2D eigenvalue weighted by Gasteiger charge is 2.64. The number of piperidine rings is 2. The minimum Gasteiger partial charge on any atom is -0.379 e. The molecular formula is C30H48N4O5S. The van der Waals surface area contributed by atoms with Gasteiger partial charge in [-0.1, -0.05) is 12.8 Å². The molecule has 3 N–H and O–H groups in total. The van der Waals surface area contributed by atoms with Crippen molar-refractivity contribution in [1.82, 2.24) is 20.9 Å². The van der Waals surface area contributed by atoms with Crippen LogP contribution in [0, 0.1) is 23.7 Å². The van der Waals surface area contributed by atoms with E-state index in [1.807, 2.05) is 18.7 Å². The normalized spacial score (nSPS) is 48.5. The third-order valence-corrected chi connectivity index (χ3v) is 13.1. The van der Waals surface area contributed by atoms with Crippen LogP contribution in [0.1, 0.15) is 71.1 Å². The third-order valence-electron chi connectivity index (χ3n) is 11.7. The molecule has 0 aromatic heterocycles. The van der Waals surface area contributed by atoms with Gasteiger partial charge in [-0.15, -0.1) is 11.8 Å². The maximum Gasteiger partial charge on any atom is 0.250 e. The molecule has 7 aliphatic rings. The summed E-state index contributed by atoms with van der Waals surface area (Å²) < 4.78 is 18.2. The van der Waals surface area contributed by atoms with Gasteiger partial charge in [-0.3, -0.25) is 14.9 Å². The summed E-state index contributed by atoms with van der Waals surface area (Å²) in [6, 6.07) is 1.38. The molecule has 2 amide bonds. The number of hydrogen-bond donors (Lipinski definition) is 3. The Bertz CT molecular complexity index is 958. The van der Waals surface area contributed by atoms with Crippen LogP contribution in [0.2, 0.25) is 0 Å². The molecule has 4 saturated heterocycles. The topological polar surface area (TPSA) is 101 Å². The number of fused-ring (bicyclic) bond motifs is 6. The van der Waals surface area contributed by atoms with Crippen LogP contribution in [0.15, 0.2) is 0 Å². The fourth-order valence-corrected chi connectivity index (χ4v) is 11.5. The van der Waals surface area contributed by atoms with Crippen molar-refractivity contribution in [1.29, 1.82) is 0 Å². The van der Waals surface area contributed by atoms with Gasteiger partial charge in [-0.05, 0) is 82.6 Å². The van der Waals surface area contributed by atoms with Gasteiger partial charge >= 0.3 is 0 Å². The Balaban J connectivity index is 1.01. The second kappa shape index (κ2) is 11.3. The molecule has 4 aliphatic heterocycles. The van der Waals surface area contributed by atoms with Crippen molar-refractivity contribution in [3.63, 3.8) is 0 Å². The van der Waals surface area contributed by atoms with E-state index >= 15 is 0 Å². The zero-order chi connectivity index (χ0) is 27.5. The van der Waals surface area contributed by atoms with Crippen LogP contribution in [-0.2, 0) is 23.8 Å². The standard InChI is InChI=1S/C30H48N4O5S/c1-15(28(35)33-30-32-20-6-4-5-7-23(20)40-30)39-16-8-10-21-19(14-16)17-12-13-31-25-18-9-11-22(37-2)27(38-3)24(18)29(36)34(21)26(17)25/h15-27,30-32H,4-14H2,1-3H3,(H,33,35). The molecule has 0 aromatic rings. The second-order valence-corrected chi connectivity index (χ2v) is 14.8. The quantitative estimate of drug-likeness (QED) is 0.443. The van der Waals surface area contributed by atoms with Crippen LogP contribution >= 0.6 is 11.8 Å². The van der Waals surface area contributed by atoms with Crippen molar-refractivity contribution in [2.75, 3.05) is 20.8 Å². The van der Waals surface area contributed by atoms with E-state index in [2.05, 4.69) is 20.9 Å². The Morgan fingerprint density at radius 3 is 2.67 bits per heavy atom. The van der Waals surface area contributed by atoms with Crippen LogP contribution in [-0.4, -0.2) is 96.8 Å². The number of hydrogen-bond acceptors (Lipinski definition) is 8. The van der Waals surface area contributed by atoms with Gasteiger partial charge in [0, 0.05) is 37.6 Å². The average molecular weight is 577 g/mol. The maximum absolute atomic E-state index is 14.2. The molecule has 40 heavy (non-hydrogen) atoms. The highest BCUT2D eigenvalue weighted by Crippen LogP contribution is 2.54. The molecule has 14 unspecified atom stereocenters. The number of nitrogens with zero attached hydrogens (tertiary/aromatic N) is 1. The molecule has 10 heteroatoms. The van der Waals surface area contributed by atoms with Crippen LogP contribution < -0.4 is 16.0 Å². The Hall–Kier alpha value is -0.910. The zero-order valence-corrected chi connectivity index (χ0v) is 25.1. The number of nitrogens with one attached hydrogen (secondary N) is 3. The molecule has 224 valence electrons. The largest absolute Gasteiger partial charge is 0.379 e. The minimum absolute atomic E-state index is 0.0111. The van der Waals surface area contributed by atoms with Crippen molar-refractivity contribution >= 4 is 23.6 Å². The van der Waals surface area contributed by atoms with E-state index in [0.717, 1.165) is 45.1 Å². The molecule has 0 bridgehead atoms. The van der Waals surface area contributed by atoms with Crippen molar-refractivity contribution < 1.29 is 23.8 Å². The van der Waals surface area contributed by atoms with Gasteiger partial charge in [0.2, 0.25) is 5.91 Å². The van der Waals surface area contributed by atoms with Gasteiger partial charge in [0.05, 0.1) is 30.3 Å². The average Bonchev–Trinajstić information content (AvgIpc) is 3.53. The summed E-state index contributed by atoms with van der Waals surface area (Å²) in [5.74, 6) is 1.36. The highest BCUT2D eigenvalue weighted by atomic mass is 32.2. The van der Waals surface area contributed by atoms with Gasteiger partial charge in [0.25, 0.3) is 5.91 Å². The maximum atomic E-state index is 14.2. The Labute approximate surface area is 242 Å². The van der Waals surface area contributed by atoms with E-state index < -0.39 is 6.10 Å². The molecule has 3 aliphatic carbocycles. The zero-order valence-electron chi connectivity index (χ0n) is 24.3. The predicted octanol–water partition coefficient (Wildman–Crippen LogP) is 2.23. The molecule has 3 saturated carbocycles. The van der Waals surface area contributed by atoms with E-state index in [9.17, 15) is 9.59 Å². The summed E-state index contributed by atoms with van der Waals surface area (Å²) in [5, 5.41) is 11.3. The predicted molar refractivity (Wildman–Crippen MR) is 153 cm³/mol. The van der Waals surface area contributed by atoms with E-state index in [1.165, 1.54) is 25.7 Å². The number of rotatable bonds is 6. The van der Waals surface area contributed by atoms with Crippen molar-refractivity contribution in [3.8, 4) is 0 Å². The summed E-state index contributed by atoms with van der Waals surface area (Å²) in [4.78, 5) is 29.6. The van der Waals surface area contributed by atoms with Crippen LogP contribution in [0.25, 0.3) is 0 Å². The summed E-state index contributed by atoms with van der Waals surface area (Å²) in [6.45, 7) is 2.90. The number of carbonyl (C=O) groups excluding carboxylic acids is 2. The molecule has 14 atom stereocenters. The summed E-state index contributed by atoms with van der Waals surface area (Å²) in [7, 11) is 3.47. The molecule has 4 heterocycles. The Kier molecular flexibility index (Phi) is 7.88. The first-order chi connectivity index (χ1) is 19.5. The van der Waals surface area contributed by atoms with Crippen LogP contribution in [0.5, 0.6) is 0 Å². The van der Waals surface area contributed by atoms with Gasteiger partial charge in [-0.25, -0.2) is 0 Å². The lowest BCUT2D eigenvalue weighted by molar-refractivity contribution is -0.175. The van der Waals surface area contributed by atoms with Gasteiger partial charge < -0.3 is 29.7 Å². The first kappa shape index (κ1) is 27.9. The monoisotopic (exact) mass is 576 g/mol. The Morgan fingerprint density at radius 1 is 1.02 bits per heavy atom. The summed E-state index contributed by atoms with van der Waals surface area (Å²) in [6.07, 6.45) is 10.2.